The molecule has 4 heteroatoms. The second kappa shape index (κ2) is 6.21. The van der Waals surface area contributed by atoms with Crippen molar-refractivity contribution >= 4 is 5.91 Å². The number of carbonyl (C=O) groups excluding carboxylic acids is 1. The smallest absolute Gasteiger partial charge is 0.251 e. The molecule has 0 fully saturated rings. The van der Waals surface area contributed by atoms with Crippen LogP contribution in [-0.2, 0) is 5.60 Å². The van der Waals surface area contributed by atoms with E-state index in [0.717, 1.165) is 5.56 Å². The molecule has 0 radical (unpaired) electrons. The van der Waals surface area contributed by atoms with Crippen molar-refractivity contribution < 1.29 is 9.90 Å². The van der Waals surface area contributed by atoms with Gasteiger partial charge in [-0.15, -0.1) is 0 Å². The van der Waals surface area contributed by atoms with Gasteiger partial charge in [-0.2, -0.15) is 5.26 Å². The summed E-state index contributed by atoms with van der Waals surface area (Å²) in [6, 6.07) is 17.5. The lowest BCUT2D eigenvalue weighted by Crippen LogP contribution is -2.38. The van der Waals surface area contributed by atoms with E-state index in [1.807, 2.05) is 36.4 Å². The van der Waals surface area contributed by atoms with Crippen LogP contribution in [-0.4, -0.2) is 17.6 Å². The van der Waals surface area contributed by atoms with E-state index in [-0.39, 0.29) is 12.5 Å². The van der Waals surface area contributed by atoms with Crippen molar-refractivity contribution in [2.45, 2.75) is 12.5 Å². The van der Waals surface area contributed by atoms with Crippen molar-refractivity contribution in [1.29, 1.82) is 5.26 Å². The number of benzene rings is 2. The Bertz CT molecular complexity index is 655. The van der Waals surface area contributed by atoms with Gasteiger partial charge in [-0.25, -0.2) is 0 Å². The van der Waals surface area contributed by atoms with Gasteiger partial charge in [0.05, 0.1) is 18.2 Å². The molecule has 1 atom stereocenters. The Balaban J connectivity index is 2.02. The highest BCUT2D eigenvalue weighted by atomic mass is 16.3. The van der Waals surface area contributed by atoms with Gasteiger partial charge in [0.2, 0.25) is 0 Å². The van der Waals surface area contributed by atoms with Crippen molar-refractivity contribution in [3.05, 3.63) is 71.3 Å². The molecule has 1 amide bonds. The normalized spacial score (nSPS) is 13.0. The maximum absolute atomic E-state index is 12.0. The molecule has 0 aliphatic rings. The second-order valence-electron chi connectivity index (χ2n) is 5.01. The van der Waals surface area contributed by atoms with Crippen LogP contribution in [0.4, 0.5) is 0 Å². The molecule has 2 aromatic rings. The molecular weight excluding hydrogens is 264 g/mol. The van der Waals surface area contributed by atoms with Gasteiger partial charge < -0.3 is 10.4 Å². The van der Waals surface area contributed by atoms with E-state index in [0.29, 0.717) is 11.1 Å². The zero-order valence-corrected chi connectivity index (χ0v) is 11.7. The SMILES string of the molecule is CC(O)(CNC(=O)c1ccc(C#N)cc1)c1ccccc1. The van der Waals surface area contributed by atoms with Crippen molar-refractivity contribution in [3.8, 4) is 6.07 Å². The summed E-state index contributed by atoms with van der Waals surface area (Å²) < 4.78 is 0. The van der Waals surface area contributed by atoms with Crippen molar-refractivity contribution in [1.82, 2.24) is 5.32 Å². The summed E-state index contributed by atoms with van der Waals surface area (Å²) in [5, 5.41) is 21.8. The standard InChI is InChI=1S/C17H16N2O2/c1-17(21,15-5-3-2-4-6-15)12-19-16(20)14-9-7-13(11-18)8-10-14/h2-10,21H,12H2,1H3,(H,19,20). The Labute approximate surface area is 123 Å². The predicted octanol–water partition coefficient (Wildman–Crippen LogP) is 2.20. The number of carbonyl (C=O) groups is 1. The van der Waals surface area contributed by atoms with Crippen molar-refractivity contribution in [2.24, 2.45) is 0 Å². The minimum Gasteiger partial charge on any atom is -0.384 e. The van der Waals surface area contributed by atoms with Gasteiger partial charge in [0.1, 0.15) is 5.60 Å². The van der Waals surface area contributed by atoms with Crippen molar-refractivity contribution in [3.63, 3.8) is 0 Å². The largest absolute Gasteiger partial charge is 0.384 e. The first-order chi connectivity index (χ1) is 10.0. The van der Waals surface area contributed by atoms with Gasteiger partial charge >= 0.3 is 0 Å². The summed E-state index contributed by atoms with van der Waals surface area (Å²) in [5.41, 5.74) is 0.564. The molecule has 0 aliphatic carbocycles. The second-order valence-corrected chi connectivity index (χ2v) is 5.01. The fraction of sp³-hybridized carbons (Fsp3) is 0.176. The Morgan fingerprint density at radius 2 is 1.81 bits per heavy atom. The number of nitriles is 1. The Morgan fingerprint density at radius 1 is 1.19 bits per heavy atom. The summed E-state index contributed by atoms with van der Waals surface area (Å²) in [5.74, 6) is -0.282. The van der Waals surface area contributed by atoms with E-state index in [4.69, 9.17) is 5.26 Å². The molecule has 0 saturated carbocycles. The summed E-state index contributed by atoms with van der Waals surface area (Å²) in [6.45, 7) is 1.76. The van der Waals surface area contributed by atoms with E-state index >= 15 is 0 Å². The van der Waals surface area contributed by atoms with E-state index < -0.39 is 5.60 Å². The van der Waals surface area contributed by atoms with Crippen LogP contribution in [0.15, 0.2) is 54.6 Å². The predicted molar refractivity (Wildman–Crippen MR) is 79.5 cm³/mol. The van der Waals surface area contributed by atoms with Crippen LogP contribution in [0.5, 0.6) is 0 Å². The maximum Gasteiger partial charge on any atom is 0.251 e. The molecule has 0 spiro atoms. The molecule has 4 nitrogen and oxygen atoms in total. The number of hydrogen-bond donors (Lipinski definition) is 2. The highest BCUT2D eigenvalue weighted by molar-refractivity contribution is 5.94. The number of nitrogens with zero attached hydrogens (tertiary/aromatic N) is 1. The third-order valence-corrected chi connectivity index (χ3v) is 3.27. The first-order valence-corrected chi connectivity index (χ1v) is 6.59. The zero-order valence-electron chi connectivity index (χ0n) is 11.7. The minimum absolute atomic E-state index is 0.107. The van der Waals surface area contributed by atoms with Gasteiger partial charge in [0.25, 0.3) is 5.91 Å². The molecule has 21 heavy (non-hydrogen) atoms. The molecule has 2 N–H and O–H groups in total. The van der Waals surface area contributed by atoms with E-state index in [1.54, 1.807) is 31.2 Å². The fourth-order valence-corrected chi connectivity index (χ4v) is 1.95. The zero-order chi connectivity index (χ0) is 15.3. The average molecular weight is 280 g/mol. The highest BCUT2D eigenvalue weighted by Gasteiger charge is 2.23. The number of rotatable bonds is 4. The highest BCUT2D eigenvalue weighted by Crippen LogP contribution is 2.19. The van der Waals surface area contributed by atoms with Crippen LogP contribution in [0.2, 0.25) is 0 Å². The van der Waals surface area contributed by atoms with E-state index in [9.17, 15) is 9.90 Å². The molecule has 0 aromatic heterocycles. The number of amides is 1. The van der Waals surface area contributed by atoms with Crippen molar-refractivity contribution in [2.75, 3.05) is 6.54 Å². The summed E-state index contributed by atoms with van der Waals surface area (Å²) in [6.07, 6.45) is 0. The first kappa shape index (κ1) is 14.8. The van der Waals surface area contributed by atoms with Crippen LogP contribution in [0.1, 0.15) is 28.4 Å². The topological polar surface area (TPSA) is 73.1 Å². The summed E-state index contributed by atoms with van der Waals surface area (Å²) in [7, 11) is 0. The van der Waals surface area contributed by atoms with Gasteiger partial charge in [-0.3, -0.25) is 4.79 Å². The molecule has 0 saturated heterocycles. The first-order valence-electron chi connectivity index (χ1n) is 6.59. The molecule has 0 heterocycles. The lowest BCUT2D eigenvalue weighted by atomic mass is 9.96. The van der Waals surface area contributed by atoms with E-state index in [2.05, 4.69) is 5.32 Å². The minimum atomic E-state index is -1.14. The quantitative estimate of drug-likeness (QED) is 0.901. The van der Waals surface area contributed by atoms with Crippen LogP contribution in [0.25, 0.3) is 0 Å². The molecule has 2 rings (SSSR count). The molecular formula is C17H16N2O2. The van der Waals surface area contributed by atoms with E-state index in [1.165, 1.54) is 0 Å². The molecule has 106 valence electrons. The Hall–Kier alpha value is -2.64. The maximum atomic E-state index is 12.0. The lowest BCUT2D eigenvalue weighted by Gasteiger charge is -2.24. The monoisotopic (exact) mass is 280 g/mol. The van der Waals surface area contributed by atoms with Gasteiger partial charge in [-0.1, -0.05) is 30.3 Å². The third-order valence-electron chi connectivity index (χ3n) is 3.27. The third kappa shape index (κ3) is 3.68. The summed E-state index contributed by atoms with van der Waals surface area (Å²) >= 11 is 0. The van der Waals surface area contributed by atoms with Crippen LogP contribution in [0, 0.1) is 11.3 Å². The molecule has 1 unspecified atom stereocenters. The van der Waals surface area contributed by atoms with Crippen LogP contribution in [0.3, 0.4) is 0 Å². The number of nitrogens with one attached hydrogen (secondary N) is 1. The Kier molecular flexibility index (Phi) is 4.36. The average Bonchev–Trinajstić information content (AvgIpc) is 2.53. The number of hydrogen-bond acceptors (Lipinski definition) is 3. The van der Waals surface area contributed by atoms with Gasteiger partial charge in [0.15, 0.2) is 0 Å². The molecule has 0 bridgehead atoms. The Morgan fingerprint density at radius 3 is 2.38 bits per heavy atom. The summed E-state index contributed by atoms with van der Waals surface area (Å²) in [4.78, 5) is 12.0. The van der Waals surface area contributed by atoms with Crippen LogP contribution >= 0.6 is 0 Å². The van der Waals surface area contributed by atoms with Gasteiger partial charge in [0, 0.05) is 5.56 Å². The van der Waals surface area contributed by atoms with Gasteiger partial charge in [-0.05, 0) is 36.8 Å². The molecule has 0 aliphatic heterocycles. The fourth-order valence-electron chi connectivity index (χ4n) is 1.95. The number of aliphatic hydroxyl groups is 1. The molecule has 2 aromatic carbocycles. The van der Waals surface area contributed by atoms with Crippen LogP contribution < -0.4 is 5.32 Å². The lowest BCUT2D eigenvalue weighted by molar-refractivity contribution is 0.0526.